The number of carboxylic acid groups (broad SMARTS) is 1. The van der Waals surface area contributed by atoms with Gasteiger partial charge in [0.1, 0.15) is 0 Å². The number of benzene rings is 1. The first-order valence-electron chi connectivity index (χ1n) is 4.52. The van der Waals surface area contributed by atoms with Crippen LogP contribution in [0.5, 0.6) is 0 Å². The topological polar surface area (TPSA) is 75.3 Å². The van der Waals surface area contributed by atoms with Crippen molar-refractivity contribution in [2.24, 2.45) is 0 Å². The summed E-state index contributed by atoms with van der Waals surface area (Å²) in [6, 6.07) is 4.83. The van der Waals surface area contributed by atoms with Crippen LogP contribution in [0.1, 0.15) is 23.7 Å². The second-order valence-corrected chi connectivity index (χ2v) is 3.04. The molecule has 4 heteroatoms. The highest BCUT2D eigenvalue weighted by Gasteiger charge is 2.09. The van der Waals surface area contributed by atoms with E-state index in [0.717, 1.165) is 13.0 Å². The van der Waals surface area contributed by atoms with Gasteiger partial charge in [-0.25, -0.2) is 4.79 Å². The minimum Gasteiger partial charge on any atom is -0.478 e. The Morgan fingerprint density at radius 3 is 2.86 bits per heavy atom. The molecule has 0 fully saturated rings. The maximum absolute atomic E-state index is 10.8. The Morgan fingerprint density at radius 1 is 1.57 bits per heavy atom. The molecule has 0 aliphatic heterocycles. The van der Waals surface area contributed by atoms with Crippen molar-refractivity contribution in [3.8, 4) is 0 Å². The number of carboxylic acids is 1. The van der Waals surface area contributed by atoms with Crippen molar-refractivity contribution < 1.29 is 9.90 Å². The molecule has 0 saturated carbocycles. The summed E-state index contributed by atoms with van der Waals surface area (Å²) in [7, 11) is 0. The smallest absolute Gasteiger partial charge is 0.337 e. The number of nitrogens with two attached hydrogens (primary N) is 1. The molecule has 14 heavy (non-hydrogen) atoms. The Kier molecular flexibility index (Phi) is 3.34. The standard InChI is InChI=1S/C10H14N2O2/c1-2-5-12-9-4-3-7(11)6-8(9)10(13)14/h3-4,6,12H,2,5,11H2,1H3,(H,13,14). The van der Waals surface area contributed by atoms with Crippen LogP contribution in [0, 0.1) is 0 Å². The molecular weight excluding hydrogens is 180 g/mol. The van der Waals surface area contributed by atoms with Crippen LogP contribution in [0.2, 0.25) is 0 Å². The van der Waals surface area contributed by atoms with E-state index < -0.39 is 5.97 Å². The maximum Gasteiger partial charge on any atom is 0.337 e. The first-order valence-corrected chi connectivity index (χ1v) is 4.52. The number of aromatic carboxylic acids is 1. The highest BCUT2D eigenvalue weighted by molar-refractivity contribution is 5.95. The van der Waals surface area contributed by atoms with Gasteiger partial charge in [-0.3, -0.25) is 0 Å². The molecule has 0 aromatic heterocycles. The molecule has 0 aliphatic rings. The van der Waals surface area contributed by atoms with Gasteiger partial charge in [0.05, 0.1) is 5.56 Å². The Bertz CT molecular complexity index is 337. The van der Waals surface area contributed by atoms with Gasteiger partial charge in [-0.1, -0.05) is 6.92 Å². The van der Waals surface area contributed by atoms with Crippen LogP contribution in [0.3, 0.4) is 0 Å². The minimum absolute atomic E-state index is 0.221. The second kappa shape index (κ2) is 4.50. The monoisotopic (exact) mass is 194 g/mol. The Balaban J connectivity index is 2.96. The Morgan fingerprint density at radius 2 is 2.29 bits per heavy atom. The highest BCUT2D eigenvalue weighted by atomic mass is 16.4. The van der Waals surface area contributed by atoms with Gasteiger partial charge in [-0.15, -0.1) is 0 Å². The van der Waals surface area contributed by atoms with Crippen LogP contribution in [0.4, 0.5) is 11.4 Å². The van der Waals surface area contributed by atoms with Crippen molar-refractivity contribution >= 4 is 17.3 Å². The average molecular weight is 194 g/mol. The van der Waals surface area contributed by atoms with Gasteiger partial charge < -0.3 is 16.2 Å². The zero-order valence-corrected chi connectivity index (χ0v) is 8.08. The molecule has 0 spiro atoms. The lowest BCUT2D eigenvalue weighted by Gasteiger charge is -2.08. The van der Waals surface area contributed by atoms with Crippen LogP contribution in [0.15, 0.2) is 18.2 Å². The summed E-state index contributed by atoms with van der Waals surface area (Å²) < 4.78 is 0. The summed E-state index contributed by atoms with van der Waals surface area (Å²) in [5.41, 5.74) is 6.81. The molecule has 0 atom stereocenters. The predicted octanol–water partition coefficient (Wildman–Crippen LogP) is 1.79. The largest absolute Gasteiger partial charge is 0.478 e. The van der Waals surface area contributed by atoms with Crippen LogP contribution >= 0.6 is 0 Å². The van der Waals surface area contributed by atoms with E-state index in [4.69, 9.17) is 10.8 Å². The summed E-state index contributed by atoms with van der Waals surface area (Å²) in [6.45, 7) is 2.77. The molecule has 0 amide bonds. The van der Waals surface area contributed by atoms with Gasteiger partial charge in [0, 0.05) is 17.9 Å². The zero-order valence-electron chi connectivity index (χ0n) is 8.08. The number of hydrogen-bond acceptors (Lipinski definition) is 3. The number of rotatable bonds is 4. The molecule has 1 aromatic rings. The van der Waals surface area contributed by atoms with Crippen molar-refractivity contribution in [2.45, 2.75) is 13.3 Å². The van der Waals surface area contributed by atoms with Crippen LogP contribution in [0.25, 0.3) is 0 Å². The maximum atomic E-state index is 10.8. The van der Waals surface area contributed by atoms with E-state index in [1.54, 1.807) is 12.1 Å². The Hall–Kier alpha value is -1.71. The Labute approximate surface area is 82.7 Å². The van der Waals surface area contributed by atoms with Gasteiger partial charge in [-0.05, 0) is 24.6 Å². The predicted molar refractivity (Wildman–Crippen MR) is 56.6 cm³/mol. The fraction of sp³-hybridized carbons (Fsp3) is 0.300. The number of nitrogen functional groups attached to an aromatic ring is 1. The molecule has 1 aromatic carbocycles. The molecule has 0 saturated heterocycles. The third-order valence-electron chi connectivity index (χ3n) is 1.84. The van der Waals surface area contributed by atoms with E-state index in [1.165, 1.54) is 6.07 Å². The quantitative estimate of drug-likeness (QED) is 0.639. The summed E-state index contributed by atoms with van der Waals surface area (Å²) >= 11 is 0. The fourth-order valence-electron chi connectivity index (χ4n) is 1.15. The van der Waals surface area contributed by atoms with E-state index in [0.29, 0.717) is 11.4 Å². The summed E-state index contributed by atoms with van der Waals surface area (Å²) in [5.74, 6) is -0.962. The van der Waals surface area contributed by atoms with E-state index in [2.05, 4.69) is 5.32 Å². The lowest BCUT2D eigenvalue weighted by Crippen LogP contribution is -2.07. The molecular formula is C10H14N2O2. The summed E-state index contributed by atoms with van der Waals surface area (Å²) in [4.78, 5) is 10.8. The van der Waals surface area contributed by atoms with Crippen molar-refractivity contribution in [2.75, 3.05) is 17.6 Å². The average Bonchev–Trinajstić information content (AvgIpc) is 2.15. The first-order chi connectivity index (χ1) is 6.65. The van der Waals surface area contributed by atoms with Gasteiger partial charge >= 0.3 is 5.97 Å². The molecule has 0 bridgehead atoms. The molecule has 0 heterocycles. The second-order valence-electron chi connectivity index (χ2n) is 3.04. The molecule has 0 aliphatic carbocycles. The third-order valence-corrected chi connectivity index (χ3v) is 1.84. The molecule has 0 unspecified atom stereocenters. The van der Waals surface area contributed by atoms with Gasteiger partial charge in [0.15, 0.2) is 0 Å². The molecule has 76 valence electrons. The number of hydrogen-bond donors (Lipinski definition) is 3. The molecule has 0 radical (unpaired) electrons. The minimum atomic E-state index is -0.962. The number of anilines is 2. The van der Waals surface area contributed by atoms with E-state index in [-0.39, 0.29) is 5.56 Å². The van der Waals surface area contributed by atoms with Crippen molar-refractivity contribution in [3.63, 3.8) is 0 Å². The van der Waals surface area contributed by atoms with E-state index in [9.17, 15) is 4.79 Å². The van der Waals surface area contributed by atoms with Crippen molar-refractivity contribution in [3.05, 3.63) is 23.8 Å². The first kappa shape index (κ1) is 10.4. The van der Waals surface area contributed by atoms with Crippen LogP contribution in [-0.4, -0.2) is 17.6 Å². The molecule has 4 nitrogen and oxygen atoms in total. The summed E-state index contributed by atoms with van der Waals surface area (Å²) in [6.07, 6.45) is 0.948. The number of carbonyl (C=O) groups is 1. The van der Waals surface area contributed by atoms with E-state index >= 15 is 0 Å². The van der Waals surface area contributed by atoms with Gasteiger partial charge in [-0.2, -0.15) is 0 Å². The number of nitrogens with one attached hydrogen (secondary N) is 1. The molecule has 1 rings (SSSR count). The highest BCUT2D eigenvalue weighted by Crippen LogP contribution is 2.18. The normalized spacial score (nSPS) is 9.79. The SMILES string of the molecule is CCCNc1ccc(N)cc1C(=O)O. The van der Waals surface area contributed by atoms with Gasteiger partial charge in [0.25, 0.3) is 0 Å². The lowest BCUT2D eigenvalue weighted by atomic mass is 10.1. The van der Waals surface area contributed by atoms with Crippen LogP contribution in [-0.2, 0) is 0 Å². The third kappa shape index (κ3) is 2.39. The van der Waals surface area contributed by atoms with Crippen LogP contribution < -0.4 is 11.1 Å². The lowest BCUT2D eigenvalue weighted by molar-refractivity contribution is 0.0698. The zero-order chi connectivity index (χ0) is 10.6. The van der Waals surface area contributed by atoms with Crippen molar-refractivity contribution in [1.82, 2.24) is 0 Å². The van der Waals surface area contributed by atoms with Gasteiger partial charge in [0.2, 0.25) is 0 Å². The molecule has 4 N–H and O–H groups in total. The van der Waals surface area contributed by atoms with E-state index in [1.807, 2.05) is 6.92 Å². The van der Waals surface area contributed by atoms with Crippen molar-refractivity contribution in [1.29, 1.82) is 0 Å². The fourth-order valence-corrected chi connectivity index (χ4v) is 1.15. The summed E-state index contributed by atoms with van der Waals surface area (Å²) in [5, 5.41) is 11.9.